The maximum atomic E-state index is 12.5. The van der Waals surface area contributed by atoms with Gasteiger partial charge in [-0.15, -0.1) is 0 Å². The van der Waals surface area contributed by atoms with Crippen molar-refractivity contribution in [3.05, 3.63) is 0 Å². The molecule has 2 fully saturated rings. The van der Waals surface area contributed by atoms with Gasteiger partial charge in [0.15, 0.2) is 0 Å². The number of hydrogen-bond acceptors (Lipinski definition) is 4. The van der Waals surface area contributed by atoms with Gasteiger partial charge in [-0.3, -0.25) is 4.79 Å². The van der Waals surface area contributed by atoms with Gasteiger partial charge < -0.3 is 4.74 Å². The standard InChI is InChI=1S/C15H27NO4S/c1-11-6-8-12(9-7-11)10-16-21(18,19)14-5-3-4-13(14)15(17)20-2/h11-14,16H,3-10H2,1-2H3. The summed E-state index contributed by atoms with van der Waals surface area (Å²) < 4.78 is 32.4. The molecule has 2 saturated carbocycles. The molecule has 0 bridgehead atoms. The highest BCUT2D eigenvalue weighted by Gasteiger charge is 2.42. The van der Waals surface area contributed by atoms with E-state index >= 15 is 0 Å². The molecule has 21 heavy (non-hydrogen) atoms. The SMILES string of the molecule is COC(=O)C1CCCC1S(=O)(=O)NCC1CCC(C)CC1. The lowest BCUT2D eigenvalue weighted by atomic mass is 9.83. The second-order valence-corrected chi connectivity index (χ2v) is 8.60. The van der Waals surface area contributed by atoms with Crippen molar-refractivity contribution in [1.82, 2.24) is 4.72 Å². The Hall–Kier alpha value is -0.620. The maximum Gasteiger partial charge on any atom is 0.310 e. The molecule has 2 unspecified atom stereocenters. The van der Waals surface area contributed by atoms with Gasteiger partial charge in [0.05, 0.1) is 18.3 Å². The Kier molecular flexibility index (Phi) is 5.66. The van der Waals surface area contributed by atoms with Crippen LogP contribution in [0.5, 0.6) is 0 Å². The van der Waals surface area contributed by atoms with E-state index in [-0.39, 0.29) is 0 Å². The zero-order chi connectivity index (χ0) is 15.5. The van der Waals surface area contributed by atoms with Gasteiger partial charge in [-0.25, -0.2) is 13.1 Å². The topological polar surface area (TPSA) is 72.5 Å². The Labute approximate surface area is 127 Å². The van der Waals surface area contributed by atoms with Crippen molar-refractivity contribution in [2.45, 2.75) is 57.1 Å². The summed E-state index contributed by atoms with van der Waals surface area (Å²) in [5.74, 6) is 0.304. The summed E-state index contributed by atoms with van der Waals surface area (Å²) in [4.78, 5) is 11.7. The molecule has 0 spiro atoms. The third-order valence-corrected chi connectivity index (χ3v) is 6.99. The third kappa shape index (κ3) is 4.19. The van der Waals surface area contributed by atoms with E-state index in [0.717, 1.165) is 25.2 Å². The highest BCUT2D eigenvalue weighted by Crippen LogP contribution is 2.32. The van der Waals surface area contributed by atoms with Gasteiger partial charge in [-0.05, 0) is 37.5 Å². The van der Waals surface area contributed by atoms with Crippen molar-refractivity contribution in [1.29, 1.82) is 0 Å². The number of hydrogen-bond donors (Lipinski definition) is 1. The fourth-order valence-electron chi connectivity index (χ4n) is 3.59. The smallest absolute Gasteiger partial charge is 0.310 e. The quantitative estimate of drug-likeness (QED) is 0.788. The van der Waals surface area contributed by atoms with E-state index in [1.54, 1.807) is 0 Å². The highest BCUT2D eigenvalue weighted by atomic mass is 32.2. The fourth-order valence-corrected chi connectivity index (χ4v) is 5.43. The number of esters is 1. The summed E-state index contributed by atoms with van der Waals surface area (Å²) in [7, 11) is -2.11. The van der Waals surface area contributed by atoms with E-state index in [1.165, 1.54) is 20.0 Å². The Bertz CT molecular complexity index is 454. The summed E-state index contributed by atoms with van der Waals surface area (Å²) in [6.07, 6.45) is 6.48. The molecule has 0 aromatic heterocycles. The Morgan fingerprint density at radius 3 is 2.43 bits per heavy atom. The molecule has 1 N–H and O–H groups in total. The Morgan fingerprint density at radius 2 is 1.81 bits per heavy atom. The van der Waals surface area contributed by atoms with E-state index in [9.17, 15) is 13.2 Å². The number of sulfonamides is 1. The summed E-state index contributed by atoms with van der Waals surface area (Å²) in [6.45, 7) is 2.76. The molecule has 6 heteroatoms. The van der Waals surface area contributed by atoms with Crippen LogP contribution in [0, 0.1) is 17.8 Å². The lowest BCUT2D eigenvalue weighted by Gasteiger charge is -2.27. The molecule has 0 aromatic rings. The van der Waals surface area contributed by atoms with E-state index in [1.807, 2.05) is 0 Å². The fraction of sp³-hybridized carbons (Fsp3) is 0.933. The molecule has 0 amide bonds. The van der Waals surface area contributed by atoms with Crippen LogP contribution in [0.1, 0.15) is 51.9 Å². The lowest BCUT2D eigenvalue weighted by Crippen LogP contribution is -2.41. The van der Waals surface area contributed by atoms with Crippen LogP contribution in [0.25, 0.3) is 0 Å². The van der Waals surface area contributed by atoms with E-state index in [0.29, 0.717) is 25.3 Å². The summed E-state index contributed by atoms with van der Waals surface area (Å²) >= 11 is 0. The molecule has 0 heterocycles. The molecular weight excluding hydrogens is 290 g/mol. The second kappa shape index (κ2) is 7.09. The molecule has 5 nitrogen and oxygen atoms in total. The summed E-state index contributed by atoms with van der Waals surface area (Å²) in [5, 5.41) is -0.618. The van der Waals surface area contributed by atoms with Crippen LogP contribution in [0.15, 0.2) is 0 Å². The van der Waals surface area contributed by atoms with E-state index in [2.05, 4.69) is 11.6 Å². The van der Waals surface area contributed by atoms with Crippen LogP contribution in [-0.2, 0) is 19.6 Å². The average molecular weight is 317 g/mol. The molecular formula is C15H27NO4S. The first-order chi connectivity index (χ1) is 9.94. The monoisotopic (exact) mass is 317 g/mol. The zero-order valence-electron chi connectivity index (χ0n) is 13.0. The van der Waals surface area contributed by atoms with Crippen molar-refractivity contribution in [2.75, 3.05) is 13.7 Å². The molecule has 2 aliphatic rings. The zero-order valence-corrected chi connectivity index (χ0v) is 13.8. The number of rotatable bonds is 5. The first-order valence-corrected chi connectivity index (χ1v) is 9.55. The van der Waals surface area contributed by atoms with Crippen molar-refractivity contribution in [2.24, 2.45) is 17.8 Å². The molecule has 0 aromatic carbocycles. The van der Waals surface area contributed by atoms with E-state index < -0.39 is 27.2 Å². The number of carbonyl (C=O) groups is 1. The summed E-state index contributed by atoms with van der Waals surface area (Å²) in [6, 6.07) is 0. The predicted molar refractivity (Wildman–Crippen MR) is 81.2 cm³/mol. The number of nitrogens with one attached hydrogen (secondary N) is 1. The van der Waals surface area contributed by atoms with Crippen molar-refractivity contribution < 1.29 is 17.9 Å². The number of methoxy groups -OCH3 is 1. The van der Waals surface area contributed by atoms with Crippen LogP contribution >= 0.6 is 0 Å². The normalized spacial score (nSPS) is 33.8. The van der Waals surface area contributed by atoms with Crippen LogP contribution in [0.3, 0.4) is 0 Å². The van der Waals surface area contributed by atoms with Crippen LogP contribution in [-0.4, -0.2) is 33.3 Å². The third-order valence-electron chi connectivity index (χ3n) is 5.06. The average Bonchev–Trinajstić information content (AvgIpc) is 2.96. The van der Waals surface area contributed by atoms with Crippen molar-refractivity contribution in [3.63, 3.8) is 0 Å². The number of carbonyl (C=O) groups excluding carboxylic acids is 1. The minimum atomic E-state index is -3.43. The van der Waals surface area contributed by atoms with Gasteiger partial charge in [0.2, 0.25) is 10.0 Å². The van der Waals surface area contributed by atoms with Gasteiger partial charge in [0.1, 0.15) is 0 Å². The molecule has 0 radical (unpaired) electrons. The van der Waals surface area contributed by atoms with E-state index in [4.69, 9.17) is 4.74 Å². The van der Waals surface area contributed by atoms with Gasteiger partial charge in [0.25, 0.3) is 0 Å². The molecule has 122 valence electrons. The molecule has 0 saturated heterocycles. The van der Waals surface area contributed by atoms with Gasteiger partial charge in [0, 0.05) is 6.54 Å². The predicted octanol–water partition coefficient (Wildman–Crippen LogP) is 2.07. The highest BCUT2D eigenvalue weighted by molar-refractivity contribution is 7.90. The Morgan fingerprint density at radius 1 is 1.14 bits per heavy atom. The van der Waals surface area contributed by atoms with Crippen LogP contribution in [0.2, 0.25) is 0 Å². The van der Waals surface area contributed by atoms with Crippen LogP contribution in [0.4, 0.5) is 0 Å². The molecule has 0 aliphatic heterocycles. The van der Waals surface area contributed by atoms with Gasteiger partial charge in [-0.2, -0.15) is 0 Å². The minimum Gasteiger partial charge on any atom is -0.469 e. The number of ether oxygens (including phenoxy) is 1. The summed E-state index contributed by atoms with van der Waals surface area (Å²) in [5.41, 5.74) is 0. The largest absolute Gasteiger partial charge is 0.469 e. The molecule has 2 aliphatic carbocycles. The second-order valence-electron chi connectivity index (χ2n) is 6.62. The minimum absolute atomic E-state index is 0.394. The van der Waals surface area contributed by atoms with Gasteiger partial charge >= 0.3 is 5.97 Å². The van der Waals surface area contributed by atoms with Gasteiger partial charge in [-0.1, -0.05) is 26.2 Å². The first-order valence-electron chi connectivity index (χ1n) is 8.00. The van der Waals surface area contributed by atoms with Crippen molar-refractivity contribution in [3.8, 4) is 0 Å². The van der Waals surface area contributed by atoms with Crippen molar-refractivity contribution >= 4 is 16.0 Å². The lowest BCUT2D eigenvalue weighted by molar-refractivity contribution is -0.145. The van der Waals surface area contributed by atoms with Crippen LogP contribution < -0.4 is 4.72 Å². The first kappa shape index (κ1) is 16.7. The molecule has 2 rings (SSSR count). The maximum absolute atomic E-state index is 12.5. The molecule has 2 atom stereocenters. The Balaban J connectivity index is 1.90.